The first kappa shape index (κ1) is 9.09. The number of halogens is 1. The van der Waals surface area contributed by atoms with Crippen LogP contribution in [0.5, 0.6) is 0 Å². The predicted octanol–water partition coefficient (Wildman–Crippen LogP) is 3.30. The Kier molecular flexibility index (Phi) is 3.63. The van der Waals surface area contributed by atoms with Crippen LogP contribution < -0.4 is 0 Å². The SMILES string of the molecule is N#CC1=C/C=C\CCCC=C1Cl. The summed E-state index contributed by atoms with van der Waals surface area (Å²) < 4.78 is 0. The van der Waals surface area contributed by atoms with Crippen molar-refractivity contribution in [3.05, 3.63) is 34.9 Å². The van der Waals surface area contributed by atoms with Gasteiger partial charge in [-0.25, -0.2) is 0 Å². The van der Waals surface area contributed by atoms with Gasteiger partial charge in [-0.2, -0.15) is 5.26 Å². The van der Waals surface area contributed by atoms with Crippen molar-refractivity contribution in [1.29, 1.82) is 5.26 Å². The lowest BCUT2D eigenvalue weighted by Gasteiger charge is -1.92. The van der Waals surface area contributed by atoms with E-state index < -0.39 is 0 Å². The van der Waals surface area contributed by atoms with Crippen molar-refractivity contribution >= 4 is 11.6 Å². The average molecular weight is 180 g/mol. The smallest absolute Gasteiger partial charge is 0.101 e. The number of hydrogen-bond donors (Lipinski definition) is 0. The molecule has 0 radical (unpaired) electrons. The second-order valence-electron chi connectivity index (χ2n) is 2.60. The third-order valence-electron chi connectivity index (χ3n) is 1.68. The largest absolute Gasteiger partial charge is 0.192 e. The highest BCUT2D eigenvalue weighted by molar-refractivity contribution is 6.32. The van der Waals surface area contributed by atoms with E-state index in [-0.39, 0.29) is 0 Å². The molecule has 1 rings (SSSR count). The monoisotopic (exact) mass is 179 g/mol. The molecule has 0 atom stereocenters. The molecule has 0 aliphatic heterocycles. The van der Waals surface area contributed by atoms with E-state index in [1.807, 2.05) is 12.2 Å². The summed E-state index contributed by atoms with van der Waals surface area (Å²) >= 11 is 5.87. The van der Waals surface area contributed by atoms with Crippen molar-refractivity contribution in [2.45, 2.75) is 19.3 Å². The zero-order valence-electron chi connectivity index (χ0n) is 6.76. The standard InChI is InChI=1S/C10H10ClN/c11-10-7-5-3-1-2-4-6-9(10)8-12/h2,4,6-7H,1,3,5H2/b4-2-,9-6?,10-7?. The van der Waals surface area contributed by atoms with Crippen LogP contribution >= 0.6 is 11.6 Å². The maximum absolute atomic E-state index is 8.69. The topological polar surface area (TPSA) is 23.8 Å². The van der Waals surface area contributed by atoms with E-state index in [4.69, 9.17) is 16.9 Å². The quantitative estimate of drug-likeness (QED) is 0.560. The Balaban J connectivity index is 2.89. The molecule has 0 bridgehead atoms. The van der Waals surface area contributed by atoms with Crippen LogP contribution in [0.25, 0.3) is 0 Å². The molecule has 0 amide bonds. The molecule has 0 aromatic rings. The van der Waals surface area contributed by atoms with Gasteiger partial charge in [0.25, 0.3) is 0 Å². The van der Waals surface area contributed by atoms with Crippen molar-refractivity contribution in [3.8, 4) is 6.07 Å². The Bertz CT molecular complexity index is 279. The maximum atomic E-state index is 8.69. The molecule has 0 unspecified atom stereocenters. The Morgan fingerprint density at radius 1 is 1.42 bits per heavy atom. The number of hydrogen-bond acceptors (Lipinski definition) is 1. The highest BCUT2D eigenvalue weighted by Gasteiger charge is 1.99. The summed E-state index contributed by atoms with van der Waals surface area (Å²) in [5.41, 5.74) is 0.551. The van der Waals surface area contributed by atoms with Gasteiger partial charge in [0.15, 0.2) is 0 Å². The molecule has 0 aromatic carbocycles. The first-order valence-corrected chi connectivity index (χ1v) is 4.35. The molecular weight excluding hydrogens is 170 g/mol. The molecule has 62 valence electrons. The van der Waals surface area contributed by atoms with Gasteiger partial charge in [-0.15, -0.1) is 0 Å². The minimum atomic E-state index is 0.551. The van der Waals surface area contributed by atoms with Gasteiger partial charge in [0.05, 0.1) is 10.6 Å². The van der Waals surface area contributed by atoms with Gasteiger partial charge in [0, 0.05) is 0 Å². The van der Waals surface area contributed by atoms with E-state index in [9.17, 15) is 0 Å². The molecule has 0 spiro atoms. The molecule has 0 saturated carbocycles. The Morgan fingerprint density at radius 2 is 2.25 bits per heavy atom. The van der Waals surface area contributed by atoms with Gasteiger partial charge < -0.3 is 0 Å². The molecular formula is C10H10ClN. The van der Waals surface area contributed by atoms with Crippen LogP contribution in [0.3, 0.4) is 0 Å². The predicted molar refractivity (Wildman–Crippen MR) is 50.6 cm³/mol. The summed E-state index contributed by atoms with van der Waals surface area (Å²) in [6.07, 6.45) is 10.7. The fourth-order valence-corrected chi connectivity index (χ4v) is 1.22. The number of nitrogens with zero attached hydrogens (tertiary/aromatic N) is 1. The van der Waals surface area contributed by atoms with E-state index in [2.05, 4.69) is 12.1 Å². The zero-order chi connectivity index (χ0) is 8.81. The van der Waals surface area contributed by atoms with E-state index in [0.29, 0.717) is 10.6 Å². The van der Waals surface area contributed by atoms with Crippen LogP contribution in [0, 0.1) is 11.3 Å². The summed E-state index contributed by atoms with van der Waals surface area (Å²) in [4.78, 5) is 0. The lowest BCUT2D eigenvalue weighted by atomic mass is 10.2. The van der Waals surface area contributed by atoms with Crippen LogP contribution in [0.15, 0.2) is 34.9 Å². The molecule has 1 aliphatic rings. The normalized spacial score (nSPS) is 20.7. The maximum Gasteiger partial charge on any atom is 0.101 e. The molecule has 12 heavy (non-hydrogen) atoms. The first-order chi connectivity index (χ1) is 5.84. The third kappa shape index (κ3) is 2.56. The summed E-state index contributed by atoms with van der Waals surface area (Å²) in [7, 11) is 0. The average Bonchev–Trinajstić information content (AvgIpc) is 2.17. The highest BCUT2D eigenvalue weighted by Crippen LogP contribution is 2.17. The summed E-state index contributed by atoms with van der Waals surface area (Å²) in [6, 6.07) is 2.06. The molecule has 1 aliphatic carbocycles. The Hall–Kier alpha value is -1.00. The molecule has 0 heterocycles. The van der Waals surface area contributed by atoms with Gasteiger partial charge in [-0.05, 0) is 25.3 Å². The van der Waals surface area contributed by atoms with Crippen molar-refractivity contribution in [2.75, 3.05) is 0 Å². The van der Waals surface area contributed by atoms with E-state index in [1.165, 1.54) is 0 Å². The molecule has 2 heteroatoms. The van der Waals surface area contributed by atoms with Crippen LogP contribution in [0.2, 0.25) is 0 Å². The lowest BCUT2D eigenvalue weighted by molar-refractivity contribution is 0.868. The summed E-state index contributed by atoms with van der Waals surface area (Å²) in [5.74, 6) is 0. The summed E-state index contributed by atoms with van der Waals surface area (Å²) in [6.45, 7) is 0. The lowest BCUT2D eigenvalue weighted by Crippen LogP contribution is -1.77. The van der Waals surface area contributed by atoms with E-state index in [1.54, 1.807) is 6.08 Å². The fraction of sp³-hybridized carbons (Fsp3) is 0.300. The van der Waals surface area contributed by atoms with Gasteiger partial charge >= 0.3 is 0 Å². The zero-order valence-corrected chi connectivity index (χ0v) is 7.51. The van der Waals surface area contributed by atoms with Crippen LogP contribution in [-0.4, -0.2) is 0 Å². The third-order valence-corrected chi connectivity index (χ3v) is 2.03. The molecule has 0 aromatic heterocycles. The highest BCUT2D eigenvalue weighted by atomic mass is 35.5. The first-order valence-electron chi connectivity index (χ1n) is 3.97. The van der Waals surface area contributed by atoms with Crippen molar-refractivity contribution in [2.24, 2.45) is 0 Å². The molecule has 0 N–H and O–H groups in total. The van der Waals surface area contributed by atoms with Crippen molar-refractivity contribution in [3.63, 3.8) is 0 Å². The van der Waals surface area contributed by atoms with E-state index >= 15 is 0 Å². The van der Waals surface area contributed by atoms with Crippen molar-refractivity contribution in [1.82, 2.24) is 0 Å². The number of allylic oxidation sites excluding steroid dienone is 6. The molecule has 0 fully saturated rings. The van der Waals surface area contributed by atoms with Crippen LogP contribution in [-0.2, 0) is 0 Å². The second-order valence-corrected chi connectivity index (χ2v) is 3.01. The Morgan fingerprint density at radius 3 is 3.00 bits per heavy atom. The molecule has 0 saturated heterocycles. The van der Waals surface area contributed by atoms with Gasteiger partial charge in [0.2, 0.25) is 0 Å². The number of rotatable bonds is 0. The van der Waals surface area contributed by atoms with Gasteiger partial charge in [0.1, 0.15) is 6.07 Å². The van der Waals surface area contributed by atoms with Gasteiger partial charge in [-0.3, -0.25) is 0 Å². The van der Waals surface area contributed by atoms with Crippen LogP contribution in [0.4, 0.5) is 0 Å². The number of nitriles is 1. The van der Waals surface area contributed by atoms with Crippen LogP contribution in [0.1, 0.15) is 19.3 Å². The fourth-order valence-electron chi connectivity index (χ4n) is 1.01. The van der Waals surface area contributed by atoms with Gasteiger partial charge in [-0.1, -0.05) is 29.8 Å². The Labute approximate surface area is 77.6 Å². The van der Waals surface area contributed by atoms with Crippen molar-refractivity contribution < 1.29 is 0 Å². The minimum Gasteiger partial charge on any atom is -0.192 e. The van der Waals surface area contributed by atoms with E-state index in [0.717, 1.165) is 19.3 Å². The second kappa shape index (κ2) is 4.79. The minimum absolute atomic E-state index is 0.551. The molecule has 1 nitrogen and oxygen atoms in total. The summed E-state index contributed by atoms with van der Waals surface area (Å²) in [5, 5.41) is 9.27.